The van der Waals surface area contributed by atoms with Gasteiger partial charge in [0.25, 0.3) is 6.47 Å². The summed E-state index contributed by atoms with van der Waals surface area (Å²) in [4.78, 5) is 29.8. The first-order valence-corrected chi connectivity index (χ1v) is 5.08. The second-order valence-corrected chi connectivity index (χ2v) is 3.49. The maximum Gasteiger partial charge on any atom is 0.335 e. The molecule has 98 valence electrons. The molecule has 0 atom stereocenters. The zero-order valence-corrected chi connectivity index (χ0v) is 9.61. The number of benzene rings is 2. The van der Waals surface area contributed by atoms with Crippen LogP contribution in [0.2, 0.25) is 0 Å². The molecular formula is C13H10O6. The topological polar surface area (TPSA) is 112 Å². The lowest BCUT2D eigenvalue weighted by atomic mass is 10.0. The molecule has 2 aromatic carbocycles. The van der Waals surface area contributed by atoms with Gasteiger partial charge in [-0.05, 0) is 35.0 Å². The van der Waals surface area contributed by atoms with Crippen molar-refractivity contribution in [3.05, 3.63) is 47.5 Å². The van der Waals surface area contributed by atoms with Crippen molar-refractivity contribution >= 4 is 29.2 Å². The molecule has 0 aliphatic heterocycles. The van der Waals surface area contributed by atoms with E-state index in [9.17, 15) is 9.59 Å². The van der Waals surface area contributed by atoms with E-state index in [1.807, 2.05) is 0 Å². The smallest absolute Gasteiger partial charge is 0.335 e. The third-order valence-corrected chi connectivity index (χ3v) is 2.33. The summed E-state index contributed by atoms with van der Waals surface area (Å²) in [5.41, 5.74) is 0.381. The molecule has 0 saturated carbocycles. The standard InChI is InChI=1S/C12H8O4.CH2O2/c13-11(14)9-3-1-7-5-10(12(15)16)4-2-8(7)6-9;2-1-3/h1-6H,(H,13,14)(H,15,16);1H,(H,2,3). The number of carboxylic acids is 2. The fourth-order valence-electron chi connectivity index (χ4n) is 1.51. The Morgan fingerprint density at radius 3 is 1.42 bits per heavy atom. The maximum atomic E-state index is 10.7. The van der Waals surface area contributed by atoms with Gasteiger partial charge in [0.2, 0.25) is 0 Å². The third kappa shape index (κ3) is 3.53. The molecule has 0 spiro atoms. The number of rotatable bonds is 2. The molecule has 0 heterocycles. The average Bonchev–Trinajstić information content (AvgIpc) is 2.38. The summed E-state index contributed by atoms with van der Waals surface area (Å²) < 4.78 is 0. The molecule has 0 radical (unpaired) electrons. The van der Waals surface area contributed by atoms with Crippen molar-refractivity contribution in [2.24, 2.45) is 0 Å². The van der Waals surface area contributed by atoms with E-state index in [-0.39, 0.29) is 17.6 Å². The normalized spacial score (nSPS) is 9.26. The third-order valence-electron chi connectivity index (χ3n) is 2.33. The molecule has 0 unspecified atom stereocenters. The van der Waals surface area contributed by atoms with Crippen LogP contribution in [0.4, 0.5) is 0 Å². The van der Waals surface area contributed by atoms with Crippen molar-refractivity contribution in [3.8, 4) is 0 Å². The van der Waals surface area contributed by atoms with Crippen LogP contribution in [-0.2, 0) is 4.79 Å². The lowest BCUT2D eigenvalue weighted by molar-refractivity contribution is -0.122. The fraction of sp³-hybridized carbons (Fsp3) is 0. The van der Waals surface area contributed by atoms with Gasteiger partial charge in [-0.15, -0.1) is 0 Å². The number of hydrogen-bond donors (Lipinski definition) is 3. The lowest BCUT2D eigenvalue weighted by Crippen LogP contribution is -1.97. The number of aromatic carboxylic acids is 2. The van der Waals surface area contributed by atoms with Gasteiger partial charge in [0.1, 0.15) is 0 Å². The first kappa shape index (κ1) is 14.2. The SMILES string of the molecule is O=C(O)c1ccc2cc(C(=O)O)ccc2c1.O=CO. The van der Waals surface area contributed by atoms with Crippen LogP contribution in [0.3, 0.4) is 0 Å². The molecule has 2 aromatic rings. The zero-order valence-electron chi connectivity index (χ0n) is 9.61. The monoisotopic (exact) mass is 262 g/mol. The largest absolute Gasteiger partial charge is 0.483 e. The van der Waals surface area contributed by atoms with Crippen LogP contribution in [-0.4, -0.2) is 33.7 Å². The molecule has 3 N–H and O–H groups in total. The summed E-state index contributed by atoms with van der Waals surface area (Å²) in [7, 11) is 0. The number of carboxylic acid groups (broad SMARTS) is 3. The molecule has 0 aliphatic carbocycles. The van der Waals surface area contributed by atoms with Crippen molar-refractivity contribution < 1.29 is 29.7 Å². The second kappa shape index (κ2) is 6.15. The van der Waals surface area contributed by atoms with Gasteiger partial charge in [-0.1, -0.05) is 12.1 Å². The Morgan fingerprint density at radius 1 is 0.842 bits per heavy atom. The Morgan fingerprint density at radius 2 is 1.16 bits per heavy atom. The Kier molecular flexibility index (Phi) is 4.59. The zero-order chi connectivity index (χ0) is 14.4. The van der Waals surface area contributed by atoms with Crippen molar-refractivity contribution in [1.82, 2.24) is 0 Å². The van der Waals surface area contributed by atoms with Gasteiger partial charge in [0, 0.05) is 0 Å². The predicted octanol–water partition coefficient (Wildman–Crippen LogP) is 1.94. The Labute approximate surface area is 107 Å². The number of carbonyl (C=O) groups is 3. The molecule has 2 rings (SSSR count). The van der Waals surface area contributed by atoms with Gasteiger partial charge in [0.15, 0.2) is 0 Å². The fourth-order valence-corrected chi connectivity index (χ4v) is 1.51. The molecule has 6 nitrogen and oxygen atoms in total. The summed E-state index contributed by atoms with van der Waals surface area (Å²) in [5, 5.41) is 25.9. The Hall–Kier alpha value is -2.89. The molecule has 0 aromatic heterocycles. The Bertz CT molecular complexity index is 579. The molecule has 6 heteroatoms. The van der Waals surface area contributed by atoms with Crippen LogP contribution in [0.5, 0.6) is 0 Å². The summed E-state index contributed by atoms with van der Waals surface area (Å²) >= 11 is 0. The van der Waals surface area contributed by atoms with E-state index in [1.165, 1.54) is 24.3 Å². The minimum Gasteiger partial charge on any atom is -0.483 e. The average molecular weight is 262 g/mol. The van der Waals surface area contributed by atoms with Crippen LogP contribution in [0, 0.1) is 0 Å². The summed E-state index contributed by atoms with van der Waals surface area (Å²) in [5.74, 6) is -1.99. The lowest BCUT2D eigenvalue weighted by Gasteiger charge is -2.01. The first-order valence-electron chi connectivity index (χ1n) is 5.08. The minimum absolute atomic E-state index is 0.190. The van der Waals surface area contributed by atoms with Gasteiger partial charge >= 0.3 is 11.9 Å². The Balaban J connectivity index is 0.000000550. The number of fused-ring (bicyclic) bond motifs is 1. The van der Waals surface area contributed by atoms with E-state index in [1.54, 1.807) is 12.1 Å². The van der Waals surface area contributed by atoms with Crippen LogP contribution >= 0.6 is 0 Å². The molecule has 0 bridgehead atoms. The predicted molar refractivity (Wildman–Crippen MR) is 66.6 cm³/mol. The van der Waals surface area contributed by atoms with E-state index in [2.05, 4.69) is 0 Å². The first-order chi connectivity index (χ1) is 8.99. The summed E-state index contributed by atoms with van der Waals surface area (Å²) in [6.45, 7) is -0.250. The van der Waals surface area contributed by atoms with Gasteiger partial charge in [-0.3, -0.25) is 4.79 Å². The highest BCUT2D eigenvalue weighted by Crippen LogP contribution is 2.18. The highest BCUT2D eigenvalue weighted by molar-refractivity contribution is 5.97. The van der Waals surface area contributed by atoms with Crippen LogP contribution in [0.1, 0.15) is 20.7 Å². The number of hydrogen-bond acceptors (Lipinski definition) is 3. The second-order valence-electron chi connectivity index (χ2n) is 3.49. The minimum atomic E-state index is -0.996. The quantitative estimate of drug-likeness (QED) is 0.713. The molecular weight excluding hydrogens is 252 g/mol. The molecule has 0 saturated heterocycles. The maximum absolute atomic E-state index is 10.7. The van der Waals surface area contributed by atoms with Crippen LogP contribution < -0.4 is 0 Å². The van der Waals surface area contributed by atoms with Gasteiger partial charge in [-0.2, -0.15) is 0 Å². The highest BCUT2D eigenvalue weighted by atomic mass is 16.4. The van der Waals surface area contributed by atoms with Gasteiger partial charge in [0.05, 0.1) is 11.1 Å². The van der Waals surface area contributed by atoms with Crippen molar-refractivity contribution in [3.63, 3.8) is 0 Å². The van der Waals surface area contributed by atoms with Crippen molar-refractivity contribution in [2.45, 2.75) is 0 Å². The van der Waals surface area contributed by atoms with E-state index in [0.29, 0.717) is 10.8 Å². The molecule has 0 fully saturated rings. The van der Waals surface area contributed by atoms with E-state index >= 15 is 0 Å². The van der Waals surface area contributed by atoms with E-state index in [0.717, 1.165) is 0 Å². The van der Waals surface area contributed by atoms with Gasteiger partial charge < -0.3 is 15.3 Å². The van der Waals surface area contributed by atoms with Gasteiger partial charge in [-0.25, -0.2) is 9.59 Å². The van der Waals surface area contributed by atoms with Crippen LogP contribution in [0.15, 0.2) is 36.4 Å². The molecule has 0 aliphatic rings. The van der Waals surface area contributed by atoms with Crippen molar-refractivity contribution in [2.75, 3.05) is 0 Å². The summed E-state index contributed by atoms with van der Waals surface area (Å²) in [6, 6.07) is 9.15. The molecule has 19 heavy (non-hydrogen) atoms. The van der Waals surface area contributed by atoms with Crippen LogP contribution in [0.25, 0.3) is 10.8 Å². The highest BCUT2D eigenvalue weighted by Gasteiger charge is 2.06. The molecule has 0 amide bonds. The van der Waals surface area contributed by atoms with Crippen molar-refractivity contribution in [1.29, 1.82) is 0 Å². The summed E-state index contributed by atoms with van der Waals surface area (Å²) in [6.07, 6.45) is 0. The van der Waals surface area contributed by atoms with E-state index in [4.69, 9.17) is 20.1 Å². The van der Waals surface area contributed by atoms with E-state index < -0.39 is 11.9 Å².